The Morgan fingerprint density at radius 3 is 2.73 bits per heavy atom. The zero-order valence-corrected chi connectivity index (χ0v) is 18.4. The van der Waals surface area contributed by atoms with E-state index in [1.54, 1.807) is 0 Å². The molecule has 1 atom stereocenters. The highest BCUT2D eigenvalue weighted by molar-refractivity contribution is 8.00. The fraction of sp³-hybridized carbons (Fsp3) is 0.273. The van der Waals surface area contributed by atoms with Gasteiger partial charge in [0.2, 0.25) is 16.9 Å². The van der Waals surface area contributed by atoms with Crippen LogP contribution < -0.4 is 10.2 Å². The molecule has 30 heavy (non-hydrogen) atoms. The molecule has 2 amide bonds. The van der Waals surface area contributed by atoms with Gasteiger partial charge in [0.25, 0.3) is 0 Å². The van der Waals surface area contributed by atoms with Crippen LogP contribution in [-0.2, 0) is 9.59 Å². The Bertz CT molecular complexity index is 1070. The van der Waals surface area contributed by atoms with Gasteiger partial charge in [-0.15, -0.1) is 22.0 Å². The summed E-state index contributed by atoms with van der Waals surface area (Å²) in [6.07, 6.45) is 0.402. The molecule has 0 spiro atoms. The Morgan fingerprint density at radius 1 is 1.17 bits per heavy atom. The van der Waals surface area contributed by atoms with Crippen molar-refractivity contribution in [3.8, 4) is 0 Å². The molecular formula is C22H22N4O2S2. The summed E-state index contributed by atoms with van der Waals surface area (Å²) in [6.45, 7) is 4.68. The maximum atomic E-state index is 12.6. The number of aromatic nitrogens is 2. The lowest BCUT2D eigenvalue weighted by molar-refractivity contribution is -0.117. The van der Waals surface area contributed by atoms with Gasteiger partial charge in [-0.1, -0.05) is 35.6 Å². The second kappa shape index (κ2) is 8.97. The number of thioether (sulfide) groups is 1. The molecule has 1 saturated heterocycles. The van der Waals surface area contributed by atoms with Crippen LogP contribution in [0.25, 0.3) is 0 Å². The molecule has 1 fully saturated rings. The number of carbonyl (C=O) groups excluding carboxylic acids is 2. The van der Waals surface area contributed by atoms with Gasteiger partial charge in [-0.3, -0.25) is 14.9 Å². The second-order valence-corrected chi connectivity index (χ2v) is 9.33. The van der Waals surface area contributed by atoms with Crippen molar-refractivity contribution >= 4 is 45.7 Å². The number of aryl methyl sites for hydroxylation is 2. The number of anilines is 2. The van der Waals surface area contributed by atoms with Crippen molar-refractivity contribution in [2.75, 3.05) is 22.5 Å². The first-order chi connectivity index (χ1) is 14.5. The van der Waals surface area contributed by atoms with Crippen molar-refractivity contribution in [2.45, 2.75) is 31.1 Å². The summed E-state index contributed by atoms with van der Waals surface area (Å²) in [5.41, 5.74) is 3.29. The van der Waals surface area contributed by atoms with E-state index in [9.17, 15) is 9.59 Å². The maximum Gasteiger partial charge on any atom is 0.236 e. The zero-order valence-electron chi connectivity index (χ0n) is 16.8. The lowest BCUT2D eigenvalue weighted by Gasteiger charge is -2.17. The number of nitrogens with one attached hydrogen (secondary N) is 1. The zero-order chi connectivity index (χ0) is 21.1. The number of amides is 2. The third kappa shape index (κ3) is 4.71. The monoisotopic (exact) mass is 438 g/mol. The molecule has 3 aromatic rings. The SMILES string of the molecule is Cc1ccc(N2CC(c3nnc(NC(=O)CSc4ccccc4)s3)CC2=O)cc1C. The largest absolute Gasteiger partial charge is 0.312 e. The summed E-state index contributed by atoms with van der Waals surface area (Å²) in [5.74, 6) is 0.261. The molecule has 6 nitrogen and oxygen atoms in total. The van der Waals surface area contributed by atoms with E-state index in [4.69, 9.17) is 0 Å². The van der Waals surface area contributed by atoms with Gasteiger partial charge in [-0.25, -0.2) is 0 Å². The van der Waals surface area contributed by atoms with Crippen LogP contribution in [0.2, 0.25) is 0 Å². The number of nitrogens with zero attached hydrogens (tertiary/aromatic N) is 3. The van der Waals surface area contributed by atoms with Crippen LogP contribution in [0, 0.1) is 13.8 Å². The molecule has 0 aliphatic carbocycles. The van der Waals surface area contributed by atoms with Gasteiger partial charge in [-0.05, 0) is 49.2 Å². The number of hydrogen-bond acceptors (Lipinski definition) is 6. The summed E-state index contributed by atoms with van der Waals surface area (Å²) in [5, 5.41) is 12.4. The molecule has 0 bridgehead atoms. The first-order valence-electron chi connectivity index (χ1n) is 9.68. The van der Waals surface area contributed by atoms with Gasteiger partial charge in [0.1, 0.15) is 5.01 Å². The number of rotatable bonds is 6. The average Bonchev–Trinajstić information content (AvgIpc) is 3.36. The fourth-order valence-corrected chi connectivity index (χ4v) is 4.86. The lowest BCUT2D eigenvalue weighted by atomic mass is 10.1. The highest BCUT2D eigenvalue weighted by Crippen LogP contribution is 2.34. The van der Waals surface area contributed by atoms with Gasteiger partial charge < -0.3 is 4.90 Å². The van der Waals surface area contributed by atoms with E-state index in [0.29, 0.717) is 23.8 Å². The van der Waals surface area contributed by atoms with E-state index in [2.05, 4.69) is 22.4 Å². The molecule has 0 saturated carbocycles. The van der Waals surface area contributed by atoms with Gasteiger partial charge in [0, 0.05) is 29.5 Å². The topological polar surface area (TPSA) is 75.2 Å². The van der Waals surface area contributed by atoms with E-state index < -0.39 is 0 Å². The standard InChI is InChI=1S/C22H22N4O2S2/c1-14-8-9-17(10-15(14)2)26-12-16(11-20(26)28)21-24-25-22(30-21)23-19(27)13-29-18-6-4-3-5-7-18/h3-10,16H,11-13H2,1-2H3,(H,23,25,27). The number of hydrogen-bond donors (Lipinski definition) is 1. The minimum atomic E-state index is -0.120. The predicted octanol–water partition coefficient (Wildman–Crippen LogP) is 4.41. The first kappa shape index (κ1) is 20.6. The van der Waals surface area contributed by atoms with E-state index in [-0.39, 0.29) is 17.7 Å². The molecule has 1 aliphatic rings. The van der Waals surface area contributed by atoms with Crippen LogP contribution in [0.1, 0.15) is 28.5 Å². The third-order valence-corrected chi connectivity index (χ3v) is 7.09. The molecule has 4 rings (SSSR count). The maximum absolute atomic E-state index is 12.6. The lowest BCUT2D eigenvalue weighted by Crippen LogP contribution is -2.24. The van der Waals surface area contributed by atoms with Crippen LogP contribution in [-0.4, -0.2) is 34.3 Å². The van der Waals surface area contributed by atoms with Crippen molar-refractivity contribution in [3.63, 3.8) is 0 Å². The summed E-state index contributed by atoms with van der Waals surface area (Å²) in [4.78, 5) is 27.6. The predicted molar refractivity (Wildman–Crippen MR) is 121 cm³/mol. The quantitative estimate of drug-likeness (QED) is 0.577. The van der Waals surface area contributed by atoms with E-state index in [0.717, 1.165) is 21.2 Å². The van der Waals surface area contributed by atoms with E-state index in [1.165, 1.54) is 28.7 Å². The van der Waals surface area contributed by atoms with Crippen molar-refractivity contribution in [3.05, 3.63) is 64.7 Å². The summed E-state index contributed by atoms with van der Waals surface area (Å²) >= 11 is 2.82. The van der Waals surface area contributed by atoms with Gasteiger partial charge in [0.05, 0.1) is 5.75 Å². The van der Waals surface area contributed by atoms with Gasteiger partial charge in [-0.2, -0.15) is 0 Å². The van der Waals surface area contributed by atoms with Crippen molar-refractivity contribution in [1.29, 1.82) is 0 Å². The summed E-state index contributed by atoms with van der Waals surface area (Å²) < 4.78 is 0. The highest BCUT2D eigenvalue weighted by atomic mass is 32.2. The average molecular weight is 439 g/mol. The van der Waals surface area contributed by atoms with Crippen molar-refractivity contribution < 1.29 is 9.59 Å². The normalized spacial score (nSPS) is 16.1. The smallest absolute Gasteiger partial charge is 0.236 e. The second-order valence-electron chi connectivity index (χ2n) is 7.27. The Labute approximate surface area is 183 Å². The van der Waals surface area contributed by atoms with Crippen LogP contribution in [0.4, 0.5) is 10.8 Å². The van der Waals surface area contributed by atoms with Crippen LogP contribution in [0.15, 0.2) is 53.4 Å². The molecular weight excluding hydrogens is 416 g/mol. The molecule has 1 unspecified atom stereocenters. The number of benzene rings is 2. The molecule has 2 aromatic carbocycles. The molecule has 2 heterocycles. The van der Waals surface area contributed by atoms with Crippen LogP contribution in [0.3, 0.4) is 0 Å². The van der Waals surface area contributed by atoms with Gasteiger partial charge in [0.15, 0.2) is 0 Å². The molecule has 8 heteroatoms. The summed E-state index contributed by atoms with van der Waals surface area (Å²) in [7, 11) is 0. The Kier molecular flexibility index (Phi) is 6.15. The summed E-state index contributed by atoms with van der Waals surface area (Å²) in [6, 6.07) is 15.9. The van der Waals surface area contributed by atoms with Crippen molar-refractivity contribution in [2.24, 2.45) is 0 Å². The van der Waals surface area contributed by atoms with E-state index in [1.807, 2.05) is 60.4 Å². The molecule has 154 valence electrons. The molecule has 1 aliphatic heterocycles. The number of carbonyl (C=O) groups is 2. The Balaban J connectivity index is 1.36. The Hall–Kier alpha value is -2.71. The first-order valence-corrected chi connectivity index (χ1v) is 11.5. The molecule has 1 aromatic heterocycles. The van der Waals surface area contributed by atoms with Gasteiger partial charge >= 0.3 is 0 Å². The Morgan fingerprint density at radius 2 is 1.97 bits per heavy atom. The van der Waals surface area contributed by atoms with E-state index >= 15 is 0 Å². The fourth-order valence-electron chi connectivity index (χ4n) is 3.29. The third-order valence-electron chi connectivity index (χ3n) is 5.08. The van der Waals surface area contributed by atoms with Crippen molar-refractivity contribution in [1.82, 2.24) is 10.2 Å². The molecule has 1 N–H and O–H groups in total. The van der Waals surface area contributed by atoms with Crippen LogP contribution >= 0.6 is 23.1 Å². The molecule has 0 radical (unpaired) electrons. The van der Waals surface area contributed by atoms with Crippen LogP contribution in [0.5, 0.6) is 0 Å². The highest BCUT2D eigenvalue weighted by Gasteiger charge is 2.34. The minimum absolute atomic E-state index is 0.0130. The minimum Gasteiger partial charge on any atom is -0.312 e.